The minimum Gasteiger partial charge on any atom is -0.266 e. The highest BCUT2D eigenvalue weighted by atomic mass is 14.7. The van der Waals surface area contributed by atoms with E-state index < -0.39 is 0 Å². The first-order chi connectivity index (χ1) is 4.13. The Morgan fingerprint density at radius 1 is 1.33 bits per heavy atom. The van der Waals surface area contributed by atoms with Crippen LogP contribution in [0.2, 0.25) is 0 Å². The molecule has 0 bridgehead atoms. The average Bonchev–Trinajstić information content (AvgIpc) is 1.63. The molecule has 0 fully saturated rings. The van der Waals surface area contributed by atoms with E-state index >= 15 is 0 Å². The molecular weight excluding hydrogens is 110 g/mol. The summed E-state index contributed by atoms with van der Waals surface area (Å²) in [7, 11) is 0. The fourth-order valence-electron chi connectivity index (χ4n) is 0.314. The molecule has 0 aromatic heterocycles. The van der Waals surface area contributed by atoms with Crippen LogP contribution in [0.4, 0.5) is 0 Å². The standard InChI is InChI=1S/C8H13N/c1-7(2)5-6-9-8(3)4/h5-6H,1H2,2-4H3/b6-5-. The largest absolute Gasteiger partial charge is 0.266 e. The van der Waals surface area contributed by atoms with E-state index in [1.54, 1.807) is 6.20 Å². The molecule has 9 heavy (non-hydrogen) atoms. The van der Waals surface area contributed by atoms with Crippen LogP contribution >= 0.6 is 0 Å². The van der Waals surface area contributed by atoms with Crippen LogP contribution in [0.3, 0.4) is 0 Å². The molecule has 0 spiro atoms. The van der Waals surface area contributed by atoms with Crippen molar-refractivity contribution in [3.05, 3.63) is 24.4 Å². The monoisotopic (exact) mass is 123 g/mol. The smallest absolute Gasteiger partial charge is 0.0269 e. The van der Waals surface area contributed by atoms with Crippen LogP contribution in [0.1, 0.15) is 20.8 Å². The number of nitrogens with zero attached hydrogens (tertiary/aromatic N) is 1. The quantitative estimate of drug-likeness (QED) is 0.395. The molecule has 0 saturated carbocycles. The molecule has 0 aliphatic heterocycles. The number of hydrogen-bond donors (Lipinski definition) is 0. The van der Waals surface area contributed by atoms with Gasteiger partial charge in [-0.05, 0) is 26.8 Å². The first-order valence-corrected chi connectivity index (χ1v) is 2.96. The number of aliphatic imine (C=N–C) groups is 1. The minimum absolute atomic E-state index is 1.03. The van der Waals surface area contributed by atoms with E-state index in [-0.39, 0.29) is 0 Å². The number of rotatable bonds is 2. The highest BCUT2D eigenvalue weighted by Gasteiger charge is 1.72. The molecule has 50 valence electrons. The van der Waals surface area contributed by atoms with Crippen molar-refractivity contribution < 1.29 is 0 Å². The first-order valence-electron chi connectivity index (χ1n) is 2.96. The maximum absolute atomic E-state index is 4.04. The summed E-state index contributed by atoms with van der Waals surface area (Å²) < 4.78 is 0. The van der Waals surface area contributed by atoms with Gasteiger partial charge in [-0.15, -0.1) is 0 Å². The zero-order valence-electron chi connectivity index (χ0n) is 6.31. The van der Waals surface area contributed by atoms with E-state index in [9.17, 15) is 0 Å². The Kier molecular flexibility index (Phi) is 3.69. The van der Waals surface area contributed by atoms with E-state index in [0.29, 0.717) is 0 Å². The van der Waals surface area contributed by atoms with Crippen molar-refractivity contribution in [2.75, 3.05) is 0 Å². The molecule has 0 aliphatic carbocycles. The molecule has 0 amide bonds. The lowest BCUT2D eigenvalue weighted by Gasteiger charge is -1.83. The summed E-state index contributed by atoms with van der Waals surface area (Å²) in [6.45, 7) is 9.56. The van der Waals surface area contributed by atoms with Crippen LogP contribution in [0.25, 0.3) is 0 Å². The van der Waals surface area contributed by atoms with Gasteiger partial charge in [-0.1, -0.05) is 12.2 Å². The fourth-order valence-corrected chi connectivity index (χ4v) is 0.314. The molecule has 1 nitrogen and oxygen atoms in total. The van der Waals surface area contributed by atoms with Gasteiger partial charge in [-0.2, -0.15) is 0 Å². The molecule has 0 atom stereocenters. The maximum Gasteiger partial charge on any atom is 0.0269 e. The topological polar surface area (TPSA) is 12.4 Å². The molecule has 0 heterocycles. The molecule has 0 aromatic rings. The predicted octanol–water partition coefficient (Wildman–Crippen LogP) is 2.56. The fraction of sp³-hybridized carbons (Fsp3) is 0.375. The SMILES string of the molecule is C=C(C)/C=C\N=C(C)C. The predicted molar refractivity (Wildman–Crippen MR) is 42.7 cm³/mol. The third-order valence-electron chi connectivity index (χ3n) is 0.692. The third kappa shape index (κ3) is 7.15. The molecule has 0 aromatic carbocycles. The highest BCUT2D eigenvalue weighted by molar-refractivity contribution is 5.79. The van der Waals surface area contributed by atoms with E-state index in [4.69, 9.17) is 0 Å². The van der Waals surface area contributed by atoms with Gasteiger partial charge >= 0.3 is 0 Å². The maximum atomic E-state index is 4.04. The zero-order chi connectivity index (χ0) is 7.28. The molecule has 1 heteroatoms. The van der Waals surface area contributed by atoms with E-state index in [2.05, 4.69) is 11.6 Å². The van der Waals surface area contributed by atoms with E-state index in [1.165, 1.54) is 0 Å². The van der Waals surface area contributed by atoms with Crippen molar-refractivity contribution in [1.29, 1.82) is 0 Å². The van der Waals surface area contributed by atoms with Crippen LogP contribution < -0.4 is 0 Å². The molecule has 0 saturated heterocycles. The number of hydrogen-bond acceptors (Lipinski definition) is 1. The zero-order valence-corrected chi connectivity index (χ0v) is 6.31. The van der Waals surface area contributed by atoms with Gasteiger partial charge in [0.05, 0.1) is 0 Å². The molecular formula is C8H13N. The summed E-state index contributed by atoms with van der Waals surface area (Å²) in [5.74, 6) is 0. The van der Waals surface area contributed by atoms with Gasteiger partial charge in [-0.25, -0.2) is 0 Å². The molecule has 0 radical (unpaired) electrons. The van der Waals surface area contributed by atoms with E-state index in [1.807, 2.05) is 26.8 Å². The van der Waals surface area contributed by atoms with E-state index in [0.717, 1.165) is 11.3 Å². The van der Waals surface area contributed by atoms with Crippen molar-refractivity contribution in [2.45, 2.75) is 20.8 Å². The minimum atomic E-state index is 1.03. The van der Waals surface area contributed by atoms with Crippen molar-refractivity contribution in [2.24, 2.45) is 4.99 Å². The Morgan fingerprint density at radius 2 is 1.89 bits per heavy atom. The van der Waals surface area contributed by atoms with Gasteiger partial charge in [-0.3, -0.25) is 4.99 Å². The Hall–Kier alpha value is -0.850. The van der Waals surface area contributed by atoms with Crippen molar-refractivity contribution in [3.8, 4) is 0 Å². The Balaban J connectivity index is 3.74. The number of allylic oxidation sites excluding steroid dienone is 2. The van der Waals surface area contributed by atoms with Crippen molar-refractivity contribution in [3.63, 3.8) is 0 Å². The van der Waals surface area contributed by atoms with Crippen LogP contribution in [0.5, 0.6) is 0 Å². The first kappa shape index (κ1) is 8.15. The molecule has 0 aliphatic rings. The van der Waals surface area contributed by atoms with Gasteiger partial charge in [0.1, 0.15) is 0 Å². The van der Waals surface area contributed by atoms with Crippen LogP contribution in [0, 0.1) is 0 Å². The Labute approximate surface area is 56.8 Å². The summed E-state index contributed by atoms with van der Waals surface area (Å²) >= 11 is 0. The summed E-state index contributed by atoms with van der Waals surface area (Å²) in [4.78, 5) is 4.04. The van der Waals surface area contributed by atoms with Crippen LogP contribution in [-0.4, -0.2) is 5.71 Å². The lowest BCUT2D eigenvalue weighted by molar-refractivity contribution is 1.46. The van der Waals surface area contributed by atoms with Crippen LogP contribution in [-0.2, 0) is 0 Å². The lowest BCUT2D eigenvalue weighted by Crippen LogP contribution is -1.75. The van der Waals surface area contributed by atoms with Gasteiger partial charge in [0.2, 0.25) is 0 Å². The normalized spacial score (nSPS) is 9.67. The van der Waals surface area contributed by atoms with Crippen molar-refractivity contribution >= 4 is 5.71 Å². The van der Waals surface area contributed by atoms with Gasteiger partial charge < -0.3 is 0 Å². The second kappa shape index (κ2) is 4.07. The Bertz CT molecular complexity index is 148. The van der Waals surface area contributed by atoms with Crippen LogP contribution in [0.15, 0.2) is 29.4 Å². The lowest BCUT2D eigenvalue weighted by atomic mass is 10.3. The van der Waals surface area contributed by atoms with Gasteiger partial charge in [0.25, 0.3) is 0 Å². The average molecular weight is 123 g/mol. The second-order valence-corrected chi connectivity index (χ2v) is 2.24. The van der Waals surface area contributed by atoms with Gasteiger partial charge in [0, 0.05) is 11.9 Å². The molecule has 0 unspecified atom stereocenters. The highest BCUT2D eigenvalue weighted by Crippen LogP contribution is 1.88. The molecule has 0 N–H and O–H groups in total. The summed E-state index contributed by atoms with van der Waals surface area (Å²) in [6, 6.07) is 0. The summed E-state index contributed by atoms with van der Waals surface area (Å²) in [5.41, 5.74) is 2.09. The van der Waals surface area contributed by atoms with Crippen molar-refractivity contribution in [1.82, 2.24) is 0 Å². The molecule has 0 rings (SSSR count). The Morgan fingerprint density at radius 3 is 2.22 bits per heavy atom. The summed E-state index contributed by atoms with van der Waals surface area (Å²) in [6.07, 6.45) is 3.64. The second-order valence-electron chi connectivity index (χ2n) is 2.24. The third-order valence-corrected chi connectivity index (χ3v) is 0.692. The van der Waals surface area contributed by atoms with Gasteiger partial charge in [0.15, 0.2) is 0 Å². The summed E-state index contributed by atoms with van der Waals surface area (Å²) in [5, 5.41) is 0.